The number of hydrogen-bond donors (Lipinski definition) is 2. The molecule has 1 aromatic carbocycles. The van der Waals surface area contributed by atoms with E-state index in [0.29, 0.717) is 11.0 Å². The summed E-state index contributed by atoms with van der Waals surface area (Å²) >= 11 is 6.04. The van der Waals surface area contributed by atoms with Crippen molar-refractivity contribution in [1.82, 2.24) is 15.3 Å². The second-order valence-corrected chi connectivity index (χ2v) is 7.96. The largest absolute Gasteiger partial charge is 0.324 e. The van der Waals surface area contributed by atoms with Crippen LogP contribution in [-0.2, 0) is 12.0 Å². The number of nitrogens with one attached hydrogen (secondary N) is 2. The molecule has 0 spiro atoms. The Bertz CT molecular complexity index is 705. The molecule has 1 saturated carbocycles. The van der Waals surface area contributed by atoms with Gasteiger partial charge in [-0.2, -0.15) is 0 Å². The van der Waals surface area contributed by atoms with Crippen LogP contribution in [0.3, 0.4) is 0 Å². The number of rotatable bonds is 6. The molecule has 1 aromatic heterocycles. The van der Waals surface area contributed by atoms with Crippen LogP contribution in [-0.4, -0.2) is 16.5 Å². The smallest absolute Gasteiger partial charge is 0.227 e. The number of aromatic nitrogens is 2. The van der Waals surface area contributed by atoms with E-state index in [9.17, 15) is 0 Å². The summed E-state index contributed by atoms with van der Waals surface area (Å²) < 4.78 is 0. The lowest BCUT2D eigenvalue weighted by atomic mass is 9.89. The maximum Gasteiger partial charge on any atom is 0.227 e. The Hall–Kier alpha value is -1.65. The van der Waals surface area contributed by atoms with Gasteiger partial charge in [-0.15, -0.1) is 0 Å². The molecular formula is C19H25ClN4. The molecule has 128 valence electrons. The Labute approximate surface area is 149 Å². The maximum atomic E-state index is 6.04. The fourth-order valence-electron chi connectivity index (χ4n) is 2.67. The van der Waals surface area contributed by atoms with Gasteiger partial charge in [0.25, 0.3) is 0 Å². The third-order valence-electron chi connectivity index (χ3n) is 4.10. The van der Waals surface area contributed by atoms with Crippen LogP contribution < -0.4 is 10.6 Å². The van der Waals surface area contributed by atoms with E-state index < -0.39 is 0 Å². The molecule has 0 unspecified atom stereocenters. The molecule has 0 aliphatic heterocycles. The molecule has 0 atom stereocenters. The van der Waals surface area contributed by atoms with Gasteiger partial charge in [0.15, 0.2) is 0 Å². The van der Waals surface area contributed by atoms with Crippen LogP contribution in [0.5, 0.6) is 0 Å². The summed E-state index contributed by atoms with van der Waals surface area (Å²) in [5, 5.41) is 7.47. The predicted molar refractivity (Wildman–Crippen MR) is 99.9 cm³/mol. The minimum Gasteiger partial charge on any atom is -0.324 e. The SMILES string of the molecule is CC(C)(C)c1nc(Nc2cccc(Cl)c2)ncc1CNCC1CC1. The van der Waals surface area contributed by atoms with Crippen molar-refractivity contribution in [2.75, 3.05) is 11.9 Å². The molecule has 0 bridgehead atoms. The molecule has 2 aromatic rings. The predicted octanol–water partition coefficient (Wildman–Crippen LogP) is 4.67. The molecular weight excluding hydrogens is 320 g/mol. The van der Waals surface area contributed by atoms with Crippen molar-refractivity contribution in [2.24, 2.45) is 5.92 Å². The maximum absolute atomic E-state index is 6.04. The van der Waals surface area contributed by atoms with E-state index in [1.54, 1.807) is 0 Å². The average molecular weight is 345 g/mol. The first-order valence-electron chi connectivity index (χ1n) is 8.51. The zero-order valence-corrected chi connectivity index (χ0v) is 15.3. The van der Waals surface area contributed by atoms with E-state index >= 15 is 0 Å². The van der Waals surface area contributed by atoms with Crippen LogP contribution in [0.1, 0.15) is 44.9 Å². The van der Waals surface area contributed by atoms with E-state index in [1.165, 1.54) is 18.4 Å². The summed E-state index contributed by atoms with van der Waals surface area (Å²) in [6.45, 7) is 8.46. The highest BCUT2D eigenvalue weighted by Crippen LogP contribution is 2.29. The first kappa shape index (κ1) is 17.2. The molecule has 1 heterocycles. The van der Waals surface area contributed by atoms with Gasteiger partial charge >= 0.3 is 0 Å². The van der Waals surface area contributed by atoms with E-state index in [1.807, 2.05) is 30.5 Å². The van der Waals surface area contributed by atoms with Crippen molar-refractivity contribution >= 4 is 23.2 Å². The van der Waals surface area contributed by atoms with Crippen LogP contribution in [0.2, 0.25) is 5.02 Å². The van der Waals surface area contributed by atoms with Gasteiger partial charge in [0.1, 0.15) is 0 Å². The molecule has 5 heteroatoms. The van der Waals surface area contributed by atoms with Crippen molar-refractivity contribution in [3.05, 3.63) is 46.7 Å². The van der Waals surface area contributed by atoms with Crippen molar-refractivity contribution < 1.29 is 0 Å². The van der Waals surface area contributed by atoms with Crippen LogP contribution >= 0.6 is 11.6 Å². The molecule has 24 heavy (non-hydrogen) atoms. The molecule has 1 aliphatic rings. The van der Waals surface area contributed by atoms with Gasteiger partial charge in [-0.25, -0.2) is 9.97 Å². The first-order chi connectivity index (χ1) is 11.4. The van der Waals surface area contributed by atoms with E-state index in [0.717, 1.165) is 30.4 Å². The van der Waals surface area contributed by atoms with E-state index in [-0.39, 0.29) is 5.41 Å². The normalized spacial score (nSPS) is 14.7. The average Bonchev–Trinajstić information content (AvgIpc) is 3.32. The van der Waals surface area contributed by atoms with Crippen LogP contribution in [0.4, 0.5) is 11.6 Å². The Morgan fingerprint density at radius 1 is 1.25 bits per heavy atom. The molecule has 1 aliphatic carbocycles. The highest BCUT2D eigenvalue weighted by Gasteiger charge is 2.23. The third-order valence-corrected chi connectivity index (χ3v) is 4.34. The fourth-order valence-corrected chi connectivity index (χ4v) is 2.86. The summed E-state index contributed by atoms with van der Waals surface area (Å²) in [5.74, 6) is 1.47. The Morgan fingerprint density at radius 2 is 2.04 bits per heavy atom. The minimum atomic E-state index is -0.0374. The van der Waals surface area contributed by atoms with E-state index in [2.05, 4.69) is 36.4 Å². The fraction of sp³-hybridized carbons (Fsp3) is 0.474. The highest BCUT2D eigenvalue weighted by molar-refractivity contribution is 6.30. The van der Waals surface area contributed by atoms with Crippen LogP contribution in [0, 0.1) is 5.92 Å². The summed E-state index contributed by atoms with van der Waals surface area (Å²) in [4.78, 5) is 9.26. The van der Waals surface area contributed by atoms with Crippen molar-refractivity contribution in [3.8, 4) is 0 Å². The van der Waals surface area contributed by atoms with Gasteiger partial charge < -0.3 is 10.6 Å². The number of nitrogens with zero attached hydrogens (tertiary/aromatic N) is 2. The molecule has 2 N–H and O–H groups in total. The quantitative estimate of drug-likeness (QED) is 0.799. The standard InChI is InChI=1S/C19H25ClN4/c1-19(2,3)17-14(11-21-10-13-7-8-13)12-22-18(24-17)23-16-6-4-5-15(20)9-16/h4-6,9,12-13,21H,7-8,10-11H2,1-3H3,(H,22,23,24). The lowest BCUT2D eigenvalue weighted by Gasteiger charge is -2.22. The number of benzene rings is 1. The summed E-state index contributed by atoms with van der Waals surface area (Å²) in [7, 11) is 0. The van der Waals surface area contributed by atoms with Gasteiger partial charge in [0, 0.05) is 34.4 Å². The summed E-state index contributed by atoms with van der Waals surface area (Å²) in [5.41, 5.74) is 3.09. The molecule has 0 saturated heterocycles. The molecule has 0 radical (unpaired) electrons. The Morgan fingerprint density at radius 3 is 2.71 bits per heavy atom. The Balaban J connectivity index is 1.78. The minimum absolute atomic E-state index is 0.0374. The molecule has 0 amide bonds. The zero-order chi connectivity index (χ0) is 17.2. The van der Waals surface area contributed by atoms with Crippen LogP contribution in [0.15, 0.2) is 30.5 Å². The molecule has 4 nitrogen and oxygen atoms in total. The second-order valence-electron chi connectivity index (χ2n) is 7.53. The van der Waals surface area contributed by atoms with Gasteiger partial charge in [-0.05, 0) is 43.5 Å². The lowest BCUT2D eigenvalue weighted by molar-refractivity contribution is 0.547. The van der Waals surface area contributed by atoms with Crippen molar-refractivity contribution in [2.45, 2.75) is 45.6 Å². The van der Waals surface area contributed by atoms with Crippen molar-refractivity contribution in [1.29, 1.82) is 0 Å². The summed E-state index contributed by atoms with van der Waals surface area (Å²) in [6.07, 6.45) is 4.65. The van der Waals surface area contributed by atoms with Crippen LogP contribution in [0.25, 0.3) is 0 Å². The second kappa shape index (κ2) is 7.08. The Kier molecular flexibility index (Phi) is 5.07. The van der Waals surface area contributed by atoms with Crippen molar-refractivity contribution in [3.63, 3.8) is 0 Å². The number of halogens is 1. The lowest BCUT2D eigenvalue weighted by Crippen LogP contribution is -2.23. The van der Waals surface area contributed by atoms with Gasteiger partial charge in [0.2, 0.25) is 5.95 Å². The first-order valence-corrected chi connectivity index (χ1v) is 8.89. The highest BCUT2D eigenvalue weighted by atomic mass is 35.5. The monoisotopic (exact) mass is 344 g/mol. The third kappa shape index (κ3) is 4.68. The van der Waals surface area contributed by atoms with Gasteiger partial charge in [-0.3, -0.25) is 0 Å². The number of anilines is 2. The van der Waals surface area contributed by atoms with E-state index in [4.69, 9.17) is 16.6 Å². The van der Waals surface area contributed by atoms with Gasteiger partial charge in [0.05, 0.1) is 5.69 Å². The summed E-state index contributed by atoms with van der Waals surface area (Å²) in [6, 6.07) is 7.58. The number of hydrogen-bond acceptors (Lipinski definition) is 4. The molecule has 1 fully saturated rings. The van der Waals surface area contributed by atoms with Gasteiger partial charge in [-0.1, -0.05) is 38.4 Å². The zero-order valence-electron chi connectivity index (χ0n) is 14.6. The molecule has 3 rings (SSSR count). The topological polar surface area (TPSA) is 49.8 Å².